The summed E-state index contributed by atoms with van der Waals surface area (Å²) in [6.07, 6.45) is 4.02. The lowest BCUT2D eigenvalue weighted by Crippen LogP contribution is -2.18. The fraction of sp³-hybridized carbons (Fsp3) is 0.480. The molecule has 1 fully saturated rings. The van der Waals surface area contributed by atoms with Gasteiger partial charge in [0.2, 0.25) is 0 Å². The highest BCUT2D eigenvalue weighted by Gasteiger charge is 2.35. The number of aromatic nitrogens is 1. The molecule has 1 aliphatic rings. The van der Waals surface area contributed by atoms with E-state index in [0.29, 0.717) is 30.6 Å². The molecule has 0 saturated heterocycles. The molecule has 0 atom stereocenters. The molecule has 184 valence electrons. The summed E-state index contributed by atoms with van der Waals surface area (Å²) >= 11 is 0. The zero-order valence-electron chi connectivity index (χ0n) is 19.0. The van der Waals surface area contributed by atoms with Crippen LogP contribution in [0.4, 0.5) is 13.2 Å². The third kappa shape index (κ3) is 8.13. The Hall–Kier alpha value is -2.94. The molecule has 1 heterocycles. The molecule has 1 aromatic heterocycles. The van der Waals surface area contributed by atoms with E-state index in [1.54, 1.807) is 24.5 Å². The molecule has 3 rings (SSSR count). The molecule has 6 nitrogen and oxygen atoms in total. The quantitative estimate of drug-likeness (QED) is 0.255. The van der Waals surface area contributed by atoms with Crippen LogP contribution in [0.25, 0.3) is 0 Å². The number of hydrogen-bond donors (Lipinski definition) is 2. The van der Waals surface area contributed by atoms with Gasteiger partial charge >= 0.3 is 12.1 Å². The average Bonchev–Trinajstić information content (AvgIpc) is 2.82. The summed E-state index contributed by atoms with van der Waals surface area (Å²) in [6.45, 7) is 0.810. The van der Waals surface area contributed by atoms with Gasteiger partial charge in [-0.15, -0.1) is 0 Å². The van der Waals surface area contributed by atoms with Crippen LogP contribution in [-0.2, 0) is 35.4 Å². The molecule has 9 heteroatoms. The topological polar surface area (TPSA) is 83.8 Å². The lowest BCUT2D eigenvalue weighted by atomic mass is 9.81. The van der Waals surface area contributed by atoms with Crippen LogP contribution in [0, 0.1) is 0 Å². The van der Waals surface area contributed by atoms with Gasteiger partial charge in [-0.05, 0) is 47.6 Å². The number of carboxylic acid groups (broad SMARTS) is 1. The van der Waals surface area contributed by atoms with Crippen LogP contribution in [0.2, 0.25) is 0 Å². The first kappa shape index (κ1) is 25.7. The Labute approximate surface area is 197 Å². The van der Waals surface area contributed by atoms with E-state index in [4.69, 9.17) is 9.94 Å². The number of hydrogen-bond acceptors (Lipinski definition) is 5. The lowest BCUT2D eigenvalue weighted by molar-refractivity contribution is -0.139. The Balaban J connectivity index is 1.48. The van der Waals surface area contributed by atoms with E-state index >= 15 is 0 Å². The largest absolute Gasteiger partial charge is 0.481 e. The maximum atomic E-state index is 13.7. The van der Waals surface area contributed by atoms with Crippen LogP contribution in [0.3, 0.4) is 0 Å². The Morgan fingerprint density at radius 2 is 1.94 bits per heavy atom. The van der Waals surface area contributed by atoms with Crippen molar-refractivity contribution < 1.29 is 27.9 Å². The minimum absolute atomic E-state index is 0.0288. The molecule has 0 radical (unpaired) electrons. The van der Waals surface area contributed by atoms with Gasteiger partial charge < -0.3 is 15.3 Å². The van der Waals surface area contributed by atoms with Crippen molar-refractivity contribution in [3.63, 3.8) is 0 Å². The average molecular weight is 478 g/mol. The minimum atomic E-state index is -4.39. The molecule has 34 heavy (non-hydrogen) atoms. The first-order chi connectivity index (χ1) is 16.3. The number of aliphatic carboxylic acids is 1. The number of benzene rings is 1. The molecule has 0 aliphatic heterocycles. The van der Waals surface area contributed by atoms with E-state index < -0.39 is 17.7 Å². The minimum Gasteiger partial charge on any atom is -0.481 e. The number of oxime groups is 1. The number of carboxylic acids is 1. The van der Waals surface area contributed by atoms with E-state index in [1.165, 1.54) is 6.07 Å². The summed E-state index contributed by atoms with van der Waals surface area (Å²) in [7, 11) is 0. The smallest absolute Gasteiger partial charge is 0.416 e. The van der Waals surface area contributed by atoms with Crippen LogP contribution < -0.4 is 5.32 Å². The van der Waals surface area contributed by atoms with Crippen LogP contribution in [-0.4, -0.2) is 28.8 Å². The van der Waals surface area contributed by atoms with E-state index in [9.17, 15) is 18.0 Å². The summed E-state index contributed by atoms with van der Waals surface area (Å²) in [5.41, 5.74) is 1.96. The van der Waals surface area contributed by atoms with Gasteiger partial charge in [-0.2, -0.15) is 13.2 Å². The third-order valence-electron chi connectivity index (χ3n) is 5.88. The number of nitrogens with one attached hydrogen (secondary N) is 1. The maximum absolute atomic E-state index is 13.7. The summed E-state index contributed by atoms with van der Waals surface area (Å²) in [5, 5.41) is 15.5. The predicted molar refractivity (Wildman–Crippen MR) is 122 cm³/mol. The highest BCUT2D eigenvalue weighted by atomic mass is 19.4. The Morgan fingerprint density at radius 1 is 1.18 bits per heavy atom. The first-order valence-electron chi connectivity index (χ1n) is 11.5. The molecular weight excluding hydrogens is 447 g/mol. The van der Waals surface area contributed by atoms with Crippen molar-refractivity contribution in [1.82, 2.24) is 10.3 Å². The second-order valence-electron chi connectivity index (χ2n) is 8.50. The molecular formula is C25H30F3N3O3. The van der Waals surface area contributed by atoms with Gasteiger partial charge in [-0.1, -0.05) is 42.6 Å². The Bertz CT molecular complexity index is 956. The SMILES string of the molecule is O=C(O)CCNCc1ccc(CC=NOCc2ccc(C3CCCCC3)c(C(F)(F)F)c2)cn1. The van der Waals surface area contributed by atoms with Crippen LogP contribution in [0.15, 0.2) is 41.7 Å². The molecule has 0 amide bonds. The molecule has 2 N–H and O–H groups in total. The van der Waals surface area contributed by atoms with Gasteiger partial charge in [0, 0.05) is 31.9 Å². The van der Waals surface area contributed by atoms with Crippen LogP contribution >= 0.6 is 0 Å². The van der Waals surface area contributed by atoms with Gasteiger partial charge in [0.05, 0.1) is 17.7 Å². The van der Waals surface area contributed by atoms with Crippen molar-refractivity contribution in [2.24, 2.45) is 5.16 Å². The number of pyridine rings is 1. The molecule has 1 aromatic carbocycles. The van der Waals surface area contributed by atoms with Crippen molar-refractivity contribution in [2.75, 3.05) is 6.54 Å². The van der Waals surface area contributed by atoms with E-state index in [-0.39, 0.29) is 18.9 Å². The highest BCUT2D eigenvalue weighted by molar-refractivity contribution is 5.66. The second kappa shape index (κ2) is 12.5. The lowest BCUT2D eigenvalue weighted by Gasteiger charge is -2.25. The molecule has 0 unspecified atom stereocenters. The Morgan fingerprint density at radius 3 is 2.62 bits per heavy atom. The fourth-order valence-corrected chi connectivity index (χ4v) is 4.11. The molecule has 0 spiro atoms. The maximum Gasteiger partial charge on any atom is 0.416 e. The number of halogens is 3. The first-order valence-corrected chi connectivity index (χ1v) is 11.5. The fourth-order valence-electron chi connectivity index (χ4n) is 4.11. The van der Waals surface area contributed by atoms with E-state index in [0.717, 1.165) is 43.4 Å². The summed E-state index contributed by atoms with van der Waals surface area (Å²) in [5.74, 6) is -0.881. The number of rotatable bonds is 11. The van der Waals surface area contributed by atoms with Crippen molar-refractivity contribution in [1.29, 1.82) is 0 Å². The van der Waals surface area contributed by atoms with Crippen molar-refractivity contribution in [3.05, 3.63) is 64.5 Å². The van der Waals surface area contributed by atoms with Gasteiger partial charge in [-0.25, -0.2) is 0 Å². The summed E-state index contributed by atoms with van der Waals surface area (Å²) < 4.78 is 41.0. The number of carbonyl (C=O) groups is 1. The standard InChI is InChI=1S/C25H30F3N3O3/c26-25(27,28)23-14-19(7-9-22(23)20-4-2-1-3-5-20)17-34-31-13-10-18-6-8-21(30-15-18)16-29-12-11-24(32)33/h6-9,13-15,20,29H,1-5,10-12,16-17H2,(H,32,33). The number of alkyl halides is 3. The van der Waals surface area contributed by atoms with Crippen molar-refractivity contribution in [2.45, 2.75) is 70.2 Å². The summed E-state index contributed by atoms with van der Waals surface area (Å²) in [6, 6.07) is 8.20. The second-order valence-corrected chi connectivity index (χ2v) is 8.50. The summed E-state index contributed by atoms with van der Waals surface area (Å²) in [4.78, 5) is 20.0. The number of nitrogens with zero attached hydrogens (tertiary/aromatic N) is 2. The monoisotopic (exact) mass is 477 g/mol. The normalized spacial score (nSPS) is 15.0. The van der Waals surface area contributed by atoms with Crippen LogP contribution in [0.1, 0.15) is 72.4 Å². The van der Waals surface area contributed by atoms with Gasteiger partial charge in [0.25, 0.3) is 0 Å². The molecule has 1 aliphatic carbocycles. The van der Waals surface area contributed by atoms with Crippen molar-refractivity contribution in [3.8, 4) is 0 Å². The third-order valence-corrected chi connectivity index (χ3v) is 5.88. The van der Waals surface area contributed by atoms with E-state index in [2.05, 4.69) is 15.5 Å². The Kier molecular flexibility index (Phi) is 9.44. The zero-order chi connectivity index (χ0) is 24.4. The zero-order valence-corrected chi connectivity index (χ0v) is 19.0. The molecule has 2 aromatic rings. The van der Waals surface area contributed by atoms with Gasteiger partial charge in [-0.3, -0.25) is 9.78 Å². The van der Waals surface area contributed by atoms with Gasteiger partial charge in [0.15, 0.2) is 0 Å². The molecule has 1 saturated carbocycles. The molecule has 0 bridgehead atoms. The van der Waals surface area contributed by atoms with Crippen LogP contribution in [0.5, 0.6) is 0 Å². The van der Waals surface area contributed by atoms with Crippen molar-refractivity contribution >= 4 is 12.2 Å². The van der Waals surface area contributed by atoms with E-state index in [1.807, 2.05) is 12.1 Å². The van der Waals surface area contributed by atoms with Gasteiger partial charge in [0.1, 0.15) is 6.61 Å². The highest BCUT2D eigenvalue weighted by Crippen LogP contribution is 2.41. The predicted octanol–water partition coefficient (Wildman–Crippen LogP) is 5.46.